The molecule has 0 spiro atoms. The van der Waals surface area contributed by atoms with E-state index in [1.807, 2.05) is 19.9 Å². The van der Waals surface area contributed by atoms with E-state index in [0.717, 1.165) is 31.7 Å². The second-order valence-corrected chi connectivity index (χ2v) is 6.36. The number of nitrogens with zero attached hydrogens (tertiary/aromatic N) is 5. The smallest absolute Gasteiger partial charge is 0.267 e. The Balaban J connectivity index is 1.77. The Bertz CT molecular complexity index is 715. The molecule has 0 aromatic carbocycles. The second-order valence-electron chi connectivity index (χ2n) is 6.36. The highest BCUT2D eigenvalue weighted by molar-refractivity contribution is 5.40. The molecule has 0 saturated carbocycles. The van der Waals surface area contributed by atoms with Gasteiger partial charge in [-0.3, -0.25) is 4.79 Å². The third-order valence-electron chi connectivity index (χ3n) is 4.28. The van der Waals surface area contributed by atoms with Crippen LogP contribution < -0.4 is 15.8 Å². The van der Waals surface area contributed by atoms with Crippen molar-refractivity contribution in [2.24, 2.45) is 0 Å². The SMILES string of the molecule is CC(C)n1nc(N2CCCCC2CNc2ncccn2)ccc1=O. The van der Waals surface area contributed by atoms with Crippen molar-refractivity contribution in [2.45, 2.75) is 45.2 Å². The van der Waals surface area contributed by atoms with Crippen molar-refractivity contribution in [1.82, 2.24) is 19.7 Å². The van der Waals surface area contributed by atoms with Gasteiger partial charge >= 0.3 is 0 Å². The predicted octanol–water partition coefficient (Wildman–Crippen LogP) is 2.09. The molecule has 7 heteroatoms. The van der Waals surface area contributed by atoms with Crippen LogP contribution in [0.1, 0.15) is 39.2 Å². The molecule has 7 nitrogen and oxygen atoms in total. The average Bonchev–Trinajstić information content (AvgIpc) is 2.61. The fraction of sp³-hybridized carbons (Fsp3) is 0.529. The first-order valence-corrected chi connectivity index (χ1v) is 8.52. The van der Waals surface area contributed by atoms with E-state index in [1.54, 1.807) is 29.2 Å². The molecule has 0 amide bonds. The third-order valence-corrected chi connectivity index (χ3v) is 4.28. The number of aromatic nitrogens is 4. The molecule has 1 unspecified atom stereocenters. The van der Waals surface area contributed by atoms with Crippen LogP contribution >= 0.6 is 0 Å². The maximum Gasteiger partial charge on any atom is 0.267 e. The van der Waals surface area contributed by atoms with E-state index in [0.29, 0.717) is 12.0 Å². The molecule has 0 aliphatic carbocycles. The van der Waals surface area contributed by atoms with E-state index in [2.05, 4.69) is 25.3 Å². The Morgan fingerprint density at radius 2 is 2.04 bits per heavy atom. The minimum absolute atomic E-state index is 0.0523. The van der Waals surface area contributed by atoms with Crippen LogP contribution in [-0.4, -0.2) is 38.9 Å². The van der Waals surface area contributed by atoms with Crippen LogP contribution in [0.15, 0.2) is 35.4 Å². The molecule has 2 aromatic rings. The van der Waals surface area contributed by atoms with Crippen molar-refractivity contribution >= 4 is 11.8 Å². The van der Waals surface area contributed by atoms with Crippen LogP contribution in [0.25, 0.3) is 0 Å². The minimum Gasteiger partial charge on any atom is -0.352 e. The first-order valence-electron chi connectivity index (χ1n) is 8.52. The number of rotatable bonds is 5. The van der Waals surface area contributed by atoms with Gasteiger partial charge in [0.25, 0.3) is 5.56 Å². The van der Waals surface area contributed by atoms with Crippen molar-refractivity contribution in [3.63, 3.8) is 0 Å². The van der Waals surface area contributed by atoms with Crippen molar-refractivity contribution in [1.29, 1.82) is 0 Å². The van der Waals surface area contributed by atoms with Crippen LogP contribution in [0.3, 0.4) is 0 Å². The van der Waals surface area contributed by atoms with Crippen LogP contribution in [-0.2, 0) is 0 Å². The van der Waals surface area contributed by atoms with Crippen molar-refractivity contribution in [2.75, 3.05) is 23.3 Å². The first-order chi connectivity index (χ1) is 11.6. The topological polar surface area (TPSA) is 75.9 Å². The summed E-state index contributed by atoms with van der Waals surface area (Å²) in [4.78, 5) is 22.6. The summed E-state index contributed by atoms with van der Waals surface area (Å²) in [5, 5.41) is 7.87. The minimum atomic E-state index is -0.0573. The van der Waals surface area contributed by atoms with Crippen molar-refractivity contribution < 1.29 is 0 Å². The summed E-state index contributed by atoms with van der Waals surface area (Å²) in [7, 11) is 0. The van der Waals surface area contributed by atoms with Gasteiger partial charge in [-0.05, 0) is 45.2 Å². The standard InChI is InChI=1S/C17H24N6O/c1-13(2)23-16(24)8-7-15(21-23)22-11-4-3-6-14(22)12-20-17-18-9-5-10-19-17/h5,7-10,13-14H,3-4,6,11-12H2,1-2H3,(H,18,19,20). The number of anilines is 2. The van der Waals surface area contributed by atoms with E-state index in [9.17, 15) is 4.79 Å². The Kier molecular flexibility index (Phi) is 5.08. The van der Waals surface area contributed by atoms with Gasteiger partial charge in [0.2, 0.25) is 5.95 Å². The molecule has 0 bridgehead atoms. The molecule has 1 aliphatic heterocycles. The molecule has 0 radical (unpaired) electrons. The van der Waals surface area contributed by atoms with E-state index in [1.165, 1.54) is 6.42 Å². The monoisotopic (exact) mass is 328 g/mol. The van der Waals surface area contributed by atoms with E-state index >= 15 is 0 Å². The zero-order valence-electron chi connectivity index (χ0n) is 14.2. The molecule has 3 heterocycles. The molecule has 1 fully saturated rings. The van der Waals surface area contributed by atoms with Gasteiger partial charge in [-0.2, -0.15) is 5.10 Å². The summed E-state index contributed by atoms with van der Waals surface area (Å²) in [5.41, 5.74) is -0.0573. The summed E-state index contributed by atoms with van der Waals surface area (Å²) in [6.45, 7) is 5.65. The van der Waals surface area contributed by atoms with E-state index < -0.39 is 0 Å². The Hall–Kier alpha value is -2.44. The Labute approximate surface area is 141 Å². The lowest BCUT2D eigenvalue weighted by molar-refractivity contribution is 0.451. The van der Waals surface area contributed by atoms with Crippen LogP contribution in [0.4, 0.5) is 11.8 Å². The van der Waals surface area contributed by atoms with E-state index in [4.69, 9.17) is 0 Å². The molecule has 1 saturated heterocycles. The Morgan fingerprint density at radius 3 is 2.79 bits per heavy atom. The van der Waals surface area contributed by atoms with Crippen LogP contribution in [0.2, 0.25) is 0 Å². The summed E-state index contributed by atoms with van der Waals surface area (Å²) < 4.78 is 1.55. The van der Waals surface area contributed by atoms with Crippen molar-refractivity contribution in [3.8, 4) is 0 Å². The van der Waals surface area contributed by atoms with Gasteiger partial charge in [-0.25, -0.2) is 14.6 Å². The van der Waals surface area contributed by atoms with Gasteiger partial charge in [0.1, 0.15) is 5.82 Å². The van der Waals surface area contributed by atoms with Gasteiger partial charge in [0.15, 0.2) is 0 Å². The summed E-state index contributed by atoms with van der Waals surface area (Å²) in [5.74, 6) is 1.51. The normalized spacial score (nSPS) is 18.0. The van der Waals surface area contributed by atoms with Gasteiger partial charge in [0, 0.05) is 37.6 Å². The lowest BCUT2D eigenvalue weighted by Crippen LogP contribution is -2.45. The summed E-state index contributed by atoms with van der Waals surface area (Å²) >= 11 is 0. The Morgan fingerprint density at radius 1 is 1.25 bits per heavy atom. The molecule has 3 rings (SSSR count). The summed E-state index contributed by atoms with van der Waals surface area (Å²) in [6, 6.07) is 5.61. The van der Waals surface area contributed by atoms with Gasteiger partial charge in [-0.15, -0.1) is 0 Å². The molecular weight excluding hydrogens is 304 g/mol. The molecule has 1 atom stereocenters. The zero-order valence-corrected chi connectivity index (χ0v) is 14.2. The van der Waals surface area contributed by atoms with Gasteiger partial charge < -0.3 is 10.2 Å². The molecule has 24 heavy (non-hydrogen) atoms. The highest BCUT2D eigenvalue weighted by Crippen LogP contribution is 2.23. The summed E-state index contributed by atoms with van der Waals surface area (Å²) in [6.07, 6.45) is 6.88. The number of hydrogen-bond acceptors (Lipinski definition) is 6. The quantitative estimate of drug-likeness (QED) is 0.906. The predicted molar refractivity (Wildman–Crippen MR) is 94.4 cm³/mol. The van der Waals surface area contributed by atoms with Crippen LogP contribution in [0, 0.1) is 0 Å². The highest BCUT2D eigenvalue weighted by Gasteiger charge is 2.24. The van der Waals surface area contributed by atoms with E-state index in [-0.39, 0.29) is 11.6 Å². The molecule has 1 N–H and O–H groups in total. The first kappa shape index (κ1) is 16.4. The maximum absolute atomic E-state index is 11.9. The second kappa shape index (κ2) is 7.42. The highest BCUT2D eigenvalue weighted by atomic mass is 16.1. The van der Waals surface area contributed by atoms with Gasteiger partial charge in [0.05, 0.1) is 6.04 Å². The molecule has 1 aliphatic rings. The lowest BCUT2D eigenvalue weighted by Gasteiger charge is -2.36. The fourth-order valence-corrected chi connectivity index (χ4v) is 3.05. The molecular formula is C17H24N6O. The number of nitrogens with one attached hydrogen (secondary N) is 1. The largest absolute Gasteiger partial charge is 0.352 e. The van der Waals surface area contributed by atoms with Gasteiger partial charge in [-0.1, -0.05) is 0 Å². The maximum atomic E-state index is 11.9. The number of hydrogen-bond donors (Lipinski definition) is 1. The number of piperidine rings is 1. The average molecular weight is 328 g/mol. The fourth-order valence-electron chi connectivity index (χ4n) is 3.05. The van der Waals surface area contributed by atoms with Crippen molar-refractivity contribution in [3.05, 3.63) is 40.9 Å². The molecule has 128 valence electrons. The lowest BCUT2D eigenvalue weighted by atomic mass is 10.0. The zero-order chi connectivity index (χ0) is 16.9. The third kappa shape index (κ3) is 3.72. The van der Waals surface area contributed by atoms with Crippen LogP contribution in [0.5, 0.6) is 0 Å². The molecule has 2 aromatic heterocycles.